The van der Waals surface area contributed by atoms with Crippen molar-refractivity contribution < 1.29 is 9.47 Å². The largest absolute Gasteiger partial charge is 0.454 e. The van der Waals surface area contributed by atoms with Gasteiger partial charge < -0.3 is 14.8 Å². The molecule has 0 spiro atoms. The molecule has 18 heavy (non-hydrogen) atoms. The van der Waals surface area contributed by atoms with Gasteiger partial charge in [-0.05, 0) is 33.6 Å². The van der Waals surface area contributed by atoms with Gasteiger partial charge in [-0.2, -0.15) is 0 Å². The van der Waals surface area contributed by atoms with Gasteiger partial charge in [-0.25, -0.2) is 0 Å². The summed E-state index contributed by atoms with van der Waals surface area (Å²) in [6.45, 7) is 1.91. The zero-order valence-electron chi connectivity index (χ0n) is 9.48. The van der Waals surface area contributed by atoms with Crippen molar-refractivity contribution in [1.29, 1.82) is 0 Å². The Morgan fingerprint density at radius 1 is 1.33 bits per heavy atom. The summed E-state index contributed by atoms with van der Waals surface area (Å²) < 4.78 is 11.7. The van der Waals surface area contributed by atoms with Gasteiger partial charge in [0.15, 0.2) is 11.5 Å². The molecule has 3 rings (SSSR count). The van der Waals surface area contributed by atoms with Gasteiger partial charge in [0.25, 0.3) is 0 Å². The van der Waals surface area contributed by atoms with Gasteiger partial charge in [-0.1, -0.05) is 0 Å². The van der Waals surface area contributed by atoms with Crippen LogP contribution in [0.2, 0.25) is 0 Å². The molecule has 0 unspecified atom stereocenters. The standard InChI is InChI=1S/C12H11BrN2O2S/c13-10-1-8(2-11-12(10)17-7-16-11)3-14-4-9-5-15-6-18-9/h1-2,5-6,14H,3-4,7H2. The molecule has 0 atom stereocenters. The van der Waals surface area contributed by atoms with E-state index in [1.54, 1.807) is 11.3 Å². The lowest BCUT2D eigenvalue weighted by Crippen LogP contribution is -2.11. The summed E-state index contributed by atoms with van der Waals surface area (Å²) >= 11 is 5.14. The van der Waals surface area contributed by atoms with E-state index < -0.39 is 0 Å². The van der Waals surface area contributed by atoms with Crippen molar-refractivity contribution in [2.45, 2.75) is 13.1 Å². The Kier molecular flexibility index (Phi) is 3.49. The second-order valence-corrected chi connectivity index (χ2v) is 5.71. The first-order chi connectivity index (χ1) is 8.83. The van der Waals surface area contributed by atoms with E-state index in [0.29, 0.717) is 6.79 Å². The molecule has 1 aromatic heterocycles. The zero-order chi connectivity index (χ0) is 12.4. The number of halogens is 1. The quantitative estimate of drug-likeness (QED) is 0.938. The van der Waals surface area contributed by atoms with E-state index in [9.17, 15) is 0 Å². The topological polar surface area (TPSA) is 43.4 Å². The van der Waals surface area contributed by atoms with Gasteiger partial charge in [0, 0.05) is 24.2 Å². The number of benzene rings is 1. The highest BCUT2D eigenvalue weighted by molar-refractivity contribution is 9.10. The third-order valence-electron chi connectivity index (χ3n) is 2.60. The normalized spacial score (nSPS) is 12.9. The molecule has 0 saturated heterocycles. The average molecular weight is 327 g/mol. The molecule has 1 aromatic carbocycles. The van der Waals surface area contributed by atoms with E-state index in [4.69, 9.17) is 9.47 Å². The van der Waals surface area contributed by atoms with Crippen LogP contribution in [0.5, 0.6) is 11.5 Å². The van der Waals surface area contributed by atoms with Crippen LogP contribution in [0, 0.1) is 0 Å². The van der Waals surface area contributed by atoms with Crippen molar-refractivity contribution in [2.75, 3.05) is 6.79 Å². The number of hydrogen-bond donors (Lipinski definition) is 1. The molecule has 4 nitrogen and oxygen atoms in total. The Bertz CT molecular complexity index is 545. The van der Waals surface area contributed by atoms with Crippen LogP contribution in [-0.2, 0) is 13.1 Å². The molecule has 1 aliphatic heterocycles. The Hall–Kier alpha value is -1.11. The minimum absolute atomic E-state index is 0.297. The number of nitrogens with one attached hydrogen (secondary N) is 1. The van der Waals surface area contributed by atoms with Crippen LogP contribution in [0.25, 0.3) is 0 Å². The third kappa shape index (κ3) is 2.50. The molecule has 1 N–H and O–H groups in total. The Balaban J connectivity index is 1.65. The van der Waals surface area contributed by atoms with E-state index in [2.05, 4.69) is 26.2 Å². The highest BCUT2D eigenvalue weighted by atomic mass is 79.9. The fraction of sp³-hybridized carbons (Fsp3) is 0.250. The van der Waals surface area contributed by atoms with Gasteiger partial charge in [0.05, 0.1) is 9.98 Å². The van der Waals surface area contributed by atoms with Crippen LogP contribution in [0.1, 0.15) is 10.4 Å². The molecular formula is C12H11BrN2O2S. The third-order valence-corrected chi connectivity index (χ3v) is 3.97. The molecule has 2 aromatic rings. The van der Waals surface area contributed by atoms with Crippen molar-refractivity contribution in [3.05, 3.63) is 38.8 Å². The zero-order valence-corrected chi connectivity index (χ0v) is 11.9. The maximum Gasteiger partial charge on any atom is 0.231 e. The molecule has 0 bridgehead atoms. The van der Waals surface area contributed by atoms with Crippen LogP contribution in [0.15, 0.2) is 28.3 Å². The Morgan fingerprint density at radius 3 is 3.11 bits per heavy atom. The van der Waals surface area contributed by atoms with E-state index in [1.807, 2.05) is 23.8 Å². The van der Waals surface area contributed by atoms with Crippen molar-refractivity contribution >= 4 is 27.3 Å². The van der Waals surface area contributed by atoms with Crippen molar-refractivity contribution in [2.24, 2.45) is 0 Å². The Morgan fingerprint density at radius 2 is 2.28 bits per heavy atom. The van der Waals surface area contributed by atoms with E-state index in [-0.39, 0.29) is 0 Å². The molecule has 0 aliphatic carbocycles. The molecule has 0 radical (unpaired) electrons. The van der Waals surface area contributed by atoms with Crippen LogP contribution in [-0.4, -0.2) is 11.8 Å². The van der Waals surface area contributed by atoms with Crippen molar-refractivity contribution in [1.82, 2.24) is 10.3 Å². The maximum atomic E-state index is 5.38. The highest BCUT2D eigenvalue weighted by Crippen LogP contribution is 2.39. The predicted molar refractivity (Wildman–Crippen MR) is 72.9 cm³/mol. The fourth-order valence-electron chi connectivity index (χ4n) is 1.78. The fourth-order valence-corrected chi connectivity index (χ4v) is 2.95. The van der Waals surface area contributed by atoms with Crippen LogP contribution in [0.3, 0.4) is 0 Å². The lowest BCUT2D eigenvalue weighted by atomic mass is 10.2. The first-order valence-corrected chi connectivity index (χ1v) is 7.16. The summed E-state index contributed by atoms with van der Waals surface area (Å²) in [7, 11) is 0. The first kappa shape index (κ1) is 12.0. The second-order valence-electron chi connectivity index (χ2n) is 3.88. The van der Waals surface area contributed by atoms with E-state index >= 15 is 0 Å². The minimum atomic E-state index is 0.297. The lowest BCUT2D eigenvalue weighted by molar-refractivity contribution is 0.173. The van der Waals surface area contributed by atoms with Gasteiger partial charge in [-0.15, -0.1) is 11.3 Å². The molecule has 1 aliphatic rings. The summed E-state index contributed by atoms with van der Waals surface area (Å²) in [6, 6.07) is 4.06. The number of aromatic nitrogens is 1. The average Bonchev–Trinajstić information content (AvgIpc) is 2.99. The van der Waals surface area contributed by atoms with Crippen LogP contribution >= 0.6 is 27.3 Å². The summed E-state index contributed by atoms with van der Waals surface area (Å²) in [5.41, 5.74) is 3.00. The summed E-state index contributed by atoms with van der Waals surface area (Å²) in [6.07, 6.45) is 1.88. The number of nitrogens with zero attached hydrogens (tertiary/aromatic N) is 1. The van der Waals surface area contributed by atoms with Gasteiger partial charge in [-0.3, -0.25) is 4.98 Å². The monoisotopic (exact) mass is 326 g/mol. The molecule has 0 saturated carbocycles. The summed E-state index contributed by atoms with van der Waals surface area (Å²) in [4.78, 5) is 5.27. The lowest BCUT2D eigenvalue weighted by Gasteiger charge is -2.06. The number of hydrogen-bond acceptors (Lipinski definition) is 5. The van der Waals surface area contributed by atoms with Gasteiger partial charge >= 0.3 is 0 Å². The van der Waals surface area contributed by atoms with Gasteiger partial charge in [0.1, 0.15) is 0 Å². The smallest absolute Gasteiger partial charge is 0.231 e. The summed E-state index contributed by atoms with van der Waals surface area (Å²) in [5, 5.41) is 3.38. The number of thiazole rings is 1. The molecule has 2 heterocycles. The molecular weight excluding hydrogens is 316 g/mol. The van der Waals surface area contributed by atoms with E-state index in [1.165, 1.54) is 4.88 Å². The number of ether oxygens (including phenoxy) is 2. The van der Waals surface area contributed by atoms with Gasteiger partial charge in [0.2, 0.25) is 6.79 Å². The molecule has 6 heteroatoms. The second kappa shape index (κ2) is 5.26. The molecule has 0 fully saturated rings. The highest BCUT2D eigenvalue weighted by Gasteiger charge is 2.17. The van der Waals surface area contributed by atoms with Crippen LogP contribution in [0.4, 0.5) is 0 Å². The number of rotatable bonds is 4. The SMILES string of the molecule is Brc1cc(CNCc2cncs2)cc2c1OCO2. The minimum Gasteiger partial charge on any atom is -0.454 e. The van der Waals surface area contributed by atoms with Crippen molar-refractivity contribution in [3.63, 3.8) is 0 Å². The van der Waals surface area contributed by atoms with Crippen LogP contribution < -0.4 is 14.8 Å². The molecule has 94 valence electrons. The Labute approximate surface area is 117 Å². The maximum absolute atomic E-state index is 5.38. The predicted octanol–water partition coefficient (Wildman–Crippen LogP) is 2.92. The van der Waals surface area contributed by atoms with E-state index in [0.717, 1.165) is 34.6 Å². The first-order valence-electron chi connectivity index (χ1n) is 5.49. The van der Waals surface area contributed by atoms with Crippen molar-refractivity contribution in [3.8, 4) is 11.5 Å². The molecule has 0 amide bonds. The number of fused-ring (bicyclic) bond motifs is 1. The summed E-state index contributed by atoms with van der Waals surface area (Å²) in [5.74, 6) is 1.60.